The molecule has 0 N–H and O–H groups in total. The Morgan fingerprint density at radius 1 is 0.929 bits per heavy atom. The second-order valence-corrected chi connectivity index (χ2v) is 9.61. The van der Waals surface area contributed by atoms with Gasteiger partial charge in [-0.3, -0.25) is 4.23 Å². The minimum absolute atomic E-state index is 0. The van der Waals surface area contributed by atoms with Crippen molar-refractivity contribution in [2.75, 3.05) is 0 Å². The van der Waals surface area contributed by atoms with Gasteiger partial charge in [0.1, 0.15) is 0 Å². The Hall–Kier alpha value is -0.343. The maximum Gasteiger partial charge on any atom is 0.354 e. The molecule has 0 radical (unpaired) electrons. The first-order valence-electron chi connectivity index (χ1n) is 4.83. The topological polar surface area (TPSA) is 3.88 Å². The summed E-state index contributed by atoms with van der Waals surface area (Å²) < 4.78 is 2.51. The van der Waals surface area contributed by atoms with Crippen molar-refractivity contribution in [2.45, 2.75) is 40.4 Å². The van der Waals surface area contributed by atoms with Gasteiger partial charge in [-0.1, -0.05) is 0 Å². The van der Waals surface area contributed by atoms with Crippen LogP contribution in [0.5, 0.6) is 0 Å². The van der Waals surface area contributed by atoms with Gasteiger partial charge in [0.2, 0.25) is 0 Å². The molecule has 1 aromatic rings. The van der Waals surface area contributed by atoms with E-state index < -0.39 is 8.24 Å². The summed E-state index contributed by atoms with van der Waals surface area (Å²) >= 11 is 0. The molecule has 0 saturated carbocycles. The van der Waals surface area contributed by atoms with Crippen LogP contribution in [0.25, 0.3) is 0 Å². The van der Waals surface area contributed by atoms with E-state index in [2.05, 4.69) is 56.8 Å². The lowest BCUT2D eigenvalue weighted by Crippen LogP contribution is -3.00. The highest BCUT2D eigenvalue weighted by Gasteiger charge is 2.31. The van der Waals surface area contributed by atoms with Gasteiger partial charge in [0.25, 0.3) is 0 Å². The van der Waals surface area contributed by atoms with E-state index in [0.717, 1.165) is 0 Å². The smallest absolute Gasteiger partial charge is 0.354 e. The first kappa shape index (κ1) is 13.7. The van der Waals surface area contributed by atoms with Crippen LogP contribution in [0, 0.1) is 20.8 Å². The predicted molar refractivity (Wildman–Crippen MR) is 59.6 cm³/mol. The summed E-state index contributed by atoms with van der Waals surface area (Å²) in [6, 6.07) is 4.54. The molecule has 0 aliphatic heterocycles. The average molecular weight is 230 g/mol. The molecule has 0 aromatic carbocycles. The Morgan fingerprint density at radius 2 is 1.29 bits per heavy atom. The minimum atomic E-state index is -1.23. The SMILES string of the molecule is Cc1cc(C)[n+]([Si](C)(C)C)c(C)c1.[Cl-]. The maximum atomic E-state index is 2.51. The molecule has 0 spiro atoms. The van der Waals surface area contributed by atoms with Crippen molar-refractivity contribution in [3.05, 3.63) is 29.1 Å². The number of aryl methyl sites for hydroxylation is 3. The van der Waals surface area contributed by atoms with Crippen molar-refractivity contribution in [3.8, 4) is 0 Å². The molecule has 0 fully saturated rings. The highest BCUT2D eigenvalue weighted by Crippen LogP contribution is 2.06. The van der Waals surface area contributed by atoms with E-state index in [1.165, 1.54) is 17.0 Å². The summed E-state index contributed by atoms with van der Waals surface area (Å²) in [7, 11) is -1.23. The van der Waals surface area contributed by atoms with Crippen LogP contribution in [0.2, 0.25) is 19.6 Å². The molecule has 80 valence electrons. The summed E-state index contributed by atoms with van der Waals surface area (Å²) in [4.78, 5) is 0. The number of hydrogen-bond donors (Lipinski definition) is 0. The molecule has 0 amide bonds. The molecule has 1 nitrogen and oxygen atoms in total. The van der Waals surface area contributed by atoms with Gasteiger partial charge >= 0.3 is 8.24 Å². The lowest BCUT2D eigenvalue weighted by molar-refractivity contribution is -0.560. The zero-order chi connectivity index (χ0) is 10.2. The Bertz CT molecular complexity index is 306. The molecule has 0 aliphatic carbocycles. The standard InChI is InChI=1S/C11H20NSi.ClH/c1-9-7-10(2)12(11(3)8-9)13(4,5)6;/h7-8H,1-6H3;1H/q+1;/p-1. The normalized spacial score (nSPS) is 11.0. The van der Waals surface area contributed by atoms with Crippen LogP contribution in [0.3, 0.4) is 0 Å². The van der Waals surface area contributed by atoms with E-state index in [-0.39, 0.29) is 12.4 Å². The van der Waals surface area contributed by atoms with E-state index in [1.807, 2.05) is 0 Å². The monoisotopic (exact) mass is 229 g/mol. The van der Waals surface area contributed by atoms with Crippen LogP contribution in [0.15, 0.2) is 12.1 Å². The fraction of sp³-hybridized carbons (Fsp3) is 0.545. The highest BCUT2D eigenvalue weighted by atomic mass is 35.5. The molecule has 3 heteroatoms. The van der Waals surface area contributed by atoms with E-state index in [0.29, 0.717) is 0 Å². The minimum Gasteiger partial charge on any atom is -1.00 e. The molecule has 14 heavy (non-hydrogen) atoms. The van der Waals surface area contributed by atoms with Gasteiger partial charge in [-0.25, -0.2) is 0 Å². The number of pyridine rings is 1. The zero-order valence-corrected chi connectivity index (χ0v) is 11.7. The van der Waals surface area contributed by atoms with Crippen LogP contribution in [-0.2, 0) is 0 Å². The predicted octanol–water partition coefficient (Wildman–Crippen LogP) is -0.414. The van der Waals surface area contributed by atoms with Gasteiger partial charge in [-0.05, 0) is 32.1 Å². The van der Waals surface area contributed by atoms with Crippen molar-refractivity contribution in [1.82, 2.24) is 0 Å². The van der Waals surface area contributed by atoms with Gasteiger partial charge in [-0.2, -0.15) is 0 Å². The van der Waals surface area contributed by atoms with E-state index in [4.69, 9.17) is 0 Å². The molecule has 0 bridgehead atoms. The first-order chi connectivity index (χ1) is 5.82. The molecule has 1 aromatic heterocycles. The number of rotatable bonds is 1. The quantitative estimate of drug-likeness (QED) is 0.577. The Morgan fingerprint density at radius 3 is 1.57 bits per heavy atom. The Labute approximate surface area is 94.7 Å². The van der Waals surface area contributed by atoms with Gasteiger partial charge in [0, 0.05) is 26.0 Å². The zero-order valence-electron chi connectivity index (χ0n) is 9.98. The van der Waals surface area contributed by atoms with Crippen molar-refractivity contribution in [3.63, 3.8) is 0 Å². The third-order valence-electron chi connectivity index (χ3n) is 2.25. The van der Waals surface area contributed by atoms with Crippen molar-refractivity contribution in [2.24, 2.45) is 0 Å². The summed E-state index contributed by atoms with van der Waals surface area (Å²) in [5.74, 6) is 0. The molecule has 0 aliphatic rings. The lowest BCUT2D eigenvalue weighted by atomic mass is 10.2. The van der Waals surface area contributed by atoms with Crippen LogP contribution in [0.1, 0.15) is 17.0 Å². The summed E-state index contributed by atoms with van der Waals surface area (Å²) in [6.45, 7) is 13.7. The second-order valence-electron chi connectivity index (χ2n) is 4.82. The van der Waals surface area contributed by atoms with Crippen molar-refractivity contribution >= 4 is 8.24 Å². The van der Waals surface area contributed by atoms with Crippen LogP contribution in [0.4, 0.5) is 0 Å². The molecule has 0 unspecified atom stereocenters. The Balaban J connectivity index is 0.00000169. The van der Waals surface area contributed by atoms with Crippen molar-refractivity contribution < 1.29 is 16.6 Å². The second kappa shape index (κ2) is 4.45. The largest absolute Gasteiger partial charge is 1.00 e. The molecule has 0 atom stereocenters. The van der Waals surface area contributed by atoms with Crippen LogP contribution < -0.4 is 16.6 Å². The average Bonchev–Trinajstić information content (AvgIpc) is 1.78. The van der Waals surface area contributed by atoms with E-state index in [1.54, 1.807) is 0 Å². The Kier molecular flexibility index (Phi) is 4.34. The maximum absolute atomic E-state index is 2.51. The van der Waals surface area contributed by atoms with E-state index >= 15 is 0 Å². The van der Waals surface area contributed by atoms with Gasteiger partial charge in [-0.15, -0.1) is 0 Å². The van der Waals surface area contributed by atoms with Crippen LogP contribution in [-0.4, -0.2) is 8.24 Å². The molecule has 0 saturated heterocycles. The number of halogens is 1. The summed E-state index contributed by atoms with van der Waals surface area (Å²) in [6.07, 6.45) is 0. The van der Waals surface area contributed by atoms with E-state index in [9.17, 15) is 0 Å². The lowest BCUT2D eigenvalue weighted by Gasteiger charge is -2.15. The third-order valence-corrected chi connectivity index (χ3v) is 4.30. The highest BCUT2D eigenvalue weighted by molar-refractivity contribution is 6.67. The summed E-state index contributed by atoms with van der Waals surface area (Å²) in [5.41, 5.74) is 4.16. The van der Waals surface area contributed by atoms with Crippen molar-refractivity contribution in [1.29, 1.82) is 0 Å². The van der Waals surface area contributed by atoms with Gasteiger partial charge < -0.3 is 12.4 Å². The first-order valence-corrected chi connectivity index (χ1v) is 8.27. The fourth-order valence-corrected chi connectivity index (χ4v) is 4.41. The summed E-state index contributed by atoms with van der Waals surface area (Å²) in [5, 5.41) is 0. The fourth-order valence-electron chi connectivity index (χ4n) is 2.17. The molecular weight excluding hydrogens is 210 g/mol. The van der Waals surface area contributed by atoms with Gasteiger partial charge in [0.15, 0.2) is 11.4 Å². The number of nitrogens with zero attached hydrogens (tertiary/aromatic N) is 1. The number of hydrogen-bond acceptors (Lipinski definition) is 0. The molecule has 1 rings (SSSR count). The molecule has 1 heterocycles. The van der Waals surface area contributed by atoms with Crippen LogP contribution >= 0.6 is 0 Å². The van der Waals surface area contributed by atoms with Gasteiger partial charge in [0.05, 0.1) is 0 Å². The third kappa shape index (κ3) is 2.82. The molecular formula is C11H20ClNSi. The number of aromatic nitrogens is 1.